The van der Waals surface area contributed by atoms with E-state index in [4.69, 9.17) is 28.2 Å². The highest BCUT2D eigenvalue weighted by Gasteiger charge is 2.22. The predicted octanol–water partition coefficient (Wildman–Crippen LogP) is 5.67. The molecule has 0 amide bonds. The average molecular weight is 384 g/mol. The molecule has 4 nitrogen and oxygen atoms in total. The van der Waals surface area contributed by atoms with E-state index in [2.05, 4.69) is 10.2 Å². The van der Waals surface area contributed by atoms with Gasteiger partial charge in [-0.25, -0.2) is 4.98 Å². The van der Waals surface area contributed by atoms with Crippen molar-refractivity contribution in [3.05, 3.63) is 51.6 Å². The summed E-state index contributed by atoms with van der Waals surface area (Å²) in [4.78, 5) is 4.96. The van der Waals surface area contributed by atoms with Gasteiger partial charge >= 0.3 is 0 Å². The van der Waals surface area contributed by atoms with E-state index in [0.29, 0.717) is 0 Å². The van der Waals surface area contributed by atoms with Crippen LogP contribution in [0.5, 0.6) is 5.75 Å². The van der Waals surface area contributed by atoms with E-state index in [0.717, 1.165) is 53.4 Å². The lowest BCUT2D eigenvalue weighted by Crippen LogP contribution is -2.08. The third kappa shape index (κ3) is 2.29. The van der Waals surface area contributed by atoms with Crippen molar-refractivity contribution >= 4 is 45.0 Å². The van der Waals surface area contributed by atoms with Gasteiger partial charge in [0.05, 0.1) is 33.0 Å². The minimum absolute atomic E-state index is 0.0909. The van der Waals surface area contributed by atoms with Crippen molar-refractivity contribution in [3.8, 4) is 17.0 Å². The number of benzene rings is 2. The largest absolute Gasteiger partial charge is 0.505 e. The second-order valence-corrected chi connectivity index (χ2v) is 7.52. The molecule has 130 valence electrons. The molecule has 0 fully saturated rings. The maximum Gasteiger partial charge on any atom is 0.152 e. The zero-order valence-corrected chi connectivity index (χ0v) is 15.3. The normalized spacial score (nSPS) is 14.1. The van der Waals surface area contributed by atoms with Crippen LogP contribution in [0.1, 0.15) is 24.0 Å². The van der Waals surface area contributed by atoms with Crippen molar-refractivity contribution in [2.45, 2.75) is 25.7 Å². The van der Waals surface area contributed by atoms with Gasteiger partial charge in [0.15, 0.2) is 5.75 Å². The Morgan fingerprint density at radius 3 is 2.50 bits per heavy atom. The number of H-pyrrole nitrogens is 1. The molecule has 4 aromatic rings. The summed E-state index contributed by atoms with van der Waals surface area (Å²) >= 11 is 12.3. The second-order valence-electron chi connectivity index (χ2n) is 6.70. The van der Waals surface area contributed by atoms with Gasteiger partial charge in [0, 0.05) is 16.3 Å². The van der Waals surface area contributed by atoms with Crippen LogP contribution in [-0.2, 0) is 12.8 Å². The zero-order chi connectivity index (χ0) is 17.8. The molecule has 1 aliphatic carbocycles. The van der Waals surface area contributed by atoms with E-state index in [-0.39, 0.29) is 15.8 Å². The fourth-order valence-corrected chi connectivity index (χ4v) is 4.47. The van der Waals surface area contributed by atoms with E-state index < -0.39 is 0 Å². The number of aryl methyl sites for hydroxylation is 1. The van der Waals surface area contributed by atoms with E-state index in [1.54, 1.807) is 12.1 Å². The number of nitrogens with one attached hydrogen (secondary N) is 1. The van der Waals surface area contributed by atoms with Crippen LogP contribution in [0.2, 0.25) is 10.0 Å². The first-order valence-electron chi connectivity index (χ1n) is 8.59. The van der Waals surface area contributed by atoms with Gasteiger partial charge in [-0.1, -0.05) is 23.2 Å². The molecule has 5 rings (SSSR count). The monoisotopic (exact) mass is 383 g/mol. The van der Waals surface area contributed by atoms with Crippen molar-refractivity contribution in [2.24, 2.45) is 0 Å². The fraction of sp³-hybridized carbons (Fsp3) is 0.200. The molecule has 6 heteroatoms. The van der Waals surface area contributed by atoms with Gasteiger partial charge in [-0.3, -0.25) is 5.10 Å². The number of rotatable bonds is 1. The number of halogens is 2. The first-order chi connectivity index (χ1) is 12.6. The Bertz CT molecular complexity index is 1160. The first kappa shape index (κ1) is 15.9. The molecule has 0 aliphatic heterocycles. The summed E-state index contributed by atoms with van der Waals surface area (Å²) in [5.41, 5.74) is 6.29. The van der Waals surface area contributed by atoms with Gasteiger partial charge in [0.1, 0.15) is 0 Å². The maximum absolute atomic E-state index is 9.89. The molecule has 2 N–H and O–H groups in total. The lowest BCUT2D eigenvalue weighted by atomic mass is 9.85. The second kappa shape index (κ2) is 5.86. The Labute approximate surface area is 159 Å². The summed E-state index contributed by atoms with van der Waals surface area (Å²) < 4.78 is 0. The summed E-state index contributed by atoms with van der Waals surface area (Å²) in [7, 11) is 0. The van der Waals surface area contributed by atoms with Crippen molar-refractivity contribution < 1.29 is 5.11 Å². The first-order valence-corrected chi connectivity index (χ1v) is 9.35. The molecule has 0 radical (unpaired) electrons. The molecule has 26 heavy (non-hydrogen) atoms. The molecule has 1 aliphatic rings. The molecule has 0 atom stereocenters. The van der Waals surface area contributed by atoms with Crippen LogP contribution in [0.3, 0.4) is 0 Å². The highest BCUT2D eigenvalue weighted by molar-refractivity contribution is 6.37. The Balaban J connectivity index is 1.88. The Kier molecular flexibility index (Phi) is 3.59. The van der Waals surface area contributed by atoms with Crippen molar-refractivity contribution in [1.82, 2.24) is 15.2 Å². The van der Waals surface area contributed by atoms with E-state index >= 15 is 0 Å². The zero-order valence-electron chi connectivity index (χ0n) is 13.8. The molecular formula is C20H15Cl2N3O. The minimum atomic E-state index is -0.0909. The molecule has 0 spiro atoms. The number of phenols is 1. The van der Waals surface area contributed by atoms with Crippen LogP contribution in [0.4, 0.5) is 0 Å². The summed E-state index contributed by atoms with van der Waals surface area (Å²) in [6, 6.07) is 7.51. The predicted molar refractivity (Wildman–Crippen MR) is 105 cm³/mol. The standard InChI is InChI=1S/C20H15Cl2N3O/c21-14-7-10(8-15(22)20(14)26)19-12-4-2-1-3-11(12)18-13-9-23-25-16(13)5-6-17(18)24-19/h5-9,26H,1-4H2,(H,23,25). The SMILES string of the molecule is Oc1c(Cl)cc(-c2nc3ccc4[nH]ncc4c3c3c2CCCC3)cc1Cl. The van der Waals surface area contributed by atoms with Crippen LogP contribution < -0.4 is 0 Å². The van der Waals surface area contributed by atoms with Crippen LogP contribution in [0.25, 0.3) is 33.1 Å². The molecule has 2 aromatic heterocycles. The lowest BCUT2D eigenvalue weighted by Gasteiger charge is -2.22. The van der Waals surface area contributed by atoms with Gasteiger partial charge in [-0.05, 0) is 61.1 Å². The summed E-state index contributed by atoms with van der Waals surface area (Å²) in [6.07, 6.45) is 6.16. The Morgan fingerprint density at radius 2 is 1.73 bits per heavy atom. The Hall–Kier alpha value is -2.30. The molecule has 0 saturated carbocycles. The molecule has 2 aromatic carbocycles. The van der Waals surface area contributed by atoms with E-state index in [1.807, 2.05) is 18.3 Å². The number of hydrogen-bond donors (Lipinski definition) is 2. The van der Waals surface area contributed by atoms with Crippen LogP contribution in [0, 0.1) is 0 Å². The third-order valence-electron chi connectivity index (χ3n) is 5.18. The van der Waals surface area contributed by atoms with Gasteiger partial charge in [0.25, 0.3) is 0 Å². The van der Waals surface area contributed by atoms with Gasteiger partial charge < -0.3 is 5.11 Å². The molecule has 0 saturated heterocycles. The van der Waals surface area contributed by atoms with Crippen LogP contribution >= 0.6 is 23.2 Å². The highest BCUT2D eigenvalue weighted by Crippen LogP contribution is 2.41. The number of aromatic nitrogens is 3. The third-order valence-corrected chi connectivity index (χ3v) is 5.76. The molecule has 2 heterocycles. The number of fused-ring (bicyclic) bond motifs is 5. The lowest BCUT2D eigenvalue weighted by molar-refractivity contribution is 0.476. The number of aromatic hydroxyl groups is 1. The van der Waals surface area contributed by atoms with Gasteiger partial charge in [0.2, 0.25) is 0 Å². The number of pyridine rings is 1. The molecule has 0 bridgehead atoms. The van der Waals surface area contributed by atoms with Crippen molar-refractivity contribution in [3.63, 3.8) is 0 Å². The summed E-state index contributed by atoms with van der Waals surface area (Å²) in [5, 5.41) is 19.9. The van der Waals surface area contributed by atoms with Gasteiger partial charge in [-0.2, -0.15) is 5.10 Å². The number of hydrogen-bond acceptors (Lipinski definition) is 3. The topological polar surface area (TPSA) is 61.8 Å². The van der Waals surface area contributed by atoms with E-state index in [1.165, 1.54) is 16.5 Å². The molecular weight excluding hydrogens is 369 g/mol. The van der Waals surface area contributed by atoms with Crippen LogP contribution in [-0.4, -0.2) is 20.3 Å². The average Bonchev–Trinajstić information content (AvgIpc) is 3.13. The quantitative estimate of drug-likeness (QED) is 0.445. The van der Waals surface area contributed by atoms with Crippen molar-refractivity contribution in [1.29, 1.82) is 0 Å². The van der Waals surface area contributed by atoms with E-state index in [9.17, 15) is 5.11 Å². The summed E-state index contributed by atoms with van der Waals surface area (Å²) in [5.74, 6) is -0.0909. The minimum Gasteiger partial charge on any atom is -0.505 e. The number of phenolic OH excluding ortho intramolecular Hbond substituents is 1. The highest BCUT2D eigenvalue weighted by atomic mass is 35.5. The van der Waals surface area contributed by atoms with Gasteiger partial charge in [-0.15, -0.1) is 0 Å². The fourth-order valence-electron chi connectivity index (χ4n) is 3.99. The number of aromatic amines is 1. The van der Waals surface area contributed by atoms with Crippen LogP contribution in [0.15, 0.2) is 30.5 Å². The van der Waals surface area contributed by atoms with Crippen molar-refractivity contribution in [2.75, 3.05) is 0 Å². The maximum atomic E-state index is 9.89. The molecule has 0 unspecified atom stereocenters. The number of nitrogens with zero attached hydrogens (tertiary/aromatic N) is 2. The summed E-state index contributed by atoms with van der Waals surface area (Å²) in [6.45, 7) is 0. The smallest absolute Gasteiger partial charge is 0.152 e. The Morgan fingerprint density at radius 1 is 1.00 bits per heavy atom.